The highest BCUT2D eigenvalue weighted by molar-refractivity contribution is 8.00. The first kappa shape index (κ1) is 11.3. The molecule has 0 spiro atoms. The molecule has 0 atom stereocenters. The minimum Gasteiger partial charge on any atom is -0.388 e. The van der Waals surface area contributed by atoms with E-state index in [1.54, 1.807) is 11.8 Å². The van der Waals surface area contributed by atoms with Gasteiger partial charge in [-0.3, -0.25) is 4.98 Å². The van der Waals surface area contributed by atoms with E-state index in [2.05, 4.69) is 19.7 Å². The molecule has 0 bridgehead atoms. The van der Waals surface area contributed by atoms with Gasteiger partial charge in [0.05, 0.1) is 5.69 Å². The molecule has 0 aliphatic rings. The van der Waals surface area contributed by atoms with E-state index < -0.39 is 0 Å². The topological polar surface area (TPSA) is 50.7 Å². The summed E-state index contributed by atoms with van der Waals surface area (Å²) < 4.78 is 5.13. The second-order valence-electron chi connectivity index (χ2n) is 3.18. The molecule has 0 amide bonds. The van der Waals surface area contributed by atoms with Crippen molar-refractivity contribution in [3.63, 3.8) is 0 Å². The van der Waals surface area contributed by atoms with Gasteiger partial charge in [-0.1, -0.05) is 11.8 Å². The van der Waals surface area contributed by atoms with Crippen LogP contribution < -0.4 is 5.32 Å². The summed E-state index contributed by atoms with van der Waals surface area (Å²) in [5, 5.41) is 3.10. The van der Waals surface area contributed by atoms with Gasteiger partial charge in [0.25, 0.3) is 0 Å². The fourth-order valence-electron chi connectivity index (χ4n) is 1.18. The molecule has 1 N–H and O–H groups in total. The van der Waals surface area contributed by atoms with Gasteiger partial charge < -0.3 is 5.32 Å². The molecule has 0 unspecified atom stereocenters. The lowest BCUT2D eigenvalue weighted by atomic mass is 10.3. The molecule has 0 saturated carbocycles. The molecule has 16 heavy (non-hydrogen) atoms. The average molecular weight is 252 g/mol. The third-order valence-electron chi connectivity index (χ3n) is 1.96. The molecule has 4 nitrogen and oxygen atoms in total. The van der Waals surface area contributed by atoms with Gasteiger partial charge in [0.15, 0.2) is 4.34 Å². The van der Waals surface area contributed by atoms with Crippen molar-refractivity contribution in [2.24, 2.45) is 0 Å². The van der Waals surface area contributed by atoms with Crippen LogP contribution >= 0.6 is 23.3 Å². The van der Waals surface area contributed by atoms with Gasteiger partial charge in [0.1, 0.15) is 5.82 Å². The zero-order valence-electron chi connectivity index (χ0n) is 9.10. The Hall–Kier alpha value is -1.14. The molecule has 2 aromatic heterocycles. The van der Waals surface area contributed by atoms with E-state index in [9.17, 15) is 0 Å². The summed E-state index contributed by atoms with van der Waals surface area (Å²) in [5.74, 6) is 1.66. The second kappa shape index (κ2) is 5.27. The Labute approximate surface area is 103 Å². The maximum atomic E-state index is 4.30. The van der Waals surface area contributed by atoms with Crippen LogP contribution in [-0.2, 0) is 5.75 Å². The Kier molecular flexibility index (Phi) is 3.74. The van der Waals surface area contributed by atoms with Gasteiger partial charge >= 0.3 is 0 Å². The number of aryl methyl sites for hydroxylation is 1. The molecular weight excluding hydrogens is 240 g/mol. The summed E-state index contributed by atoms with van der Waals surface area (Å²) in [7, 11) is 1.90. The Morgan fingerprint density at radius 1 is 1.50 bits per heavy atom. The van der Waals surface area contributed by atoms with Crippen molar-refractivity contribution >= 4 is 29.0 Å². The van der Waals surface area contributed by atoms with Crippen LogP contribution in [0, 0.1) is 6.92 Å². The molecule has 0 radical (unpaired) electrons. The number of hydrogen-bond donors (Lipinski definition) is 1. The molecule has 0 saturated heterocycles. The standard InChI is InChI=1S/C10H12N4S2/c1-7-13-10(16-14-7)15-6-9-5-8(11-2)3-4-12-9/h3-5H,6H2,1-2H3,(H,11,12). The Morgan fingerprint density at radius 3 is 3.06 bits per heavy atom. The van der Waals surface area contributed by atoms with Crippen LogP contribution in [0.5, 0.6) is 0 Å². The summed E-state index contributed by atoms with van der Waals surface area (Å²) in [6.45, 7) is 1.90. The maximum Gasteiger partial charge on any atom is 0.170 e. The first-order chi connectivity index (χ1) is 7.78. The largest absolute Gasteiger partial charge is 0.388 e. The molecule has 0 aromatic carbocycles. The Balaban J connectivity index is 1.99. The highest BCUT2D eigenvalue weighted by Gasteiger charge is 2.03. The smallest absolute Gasteiger partial charge is 0.170 e. The lowest BCUT2D eigenvalue weighted by Gasteiger charge is -2.02. The zero-order valence-corrected chi connectivity index (χ0v) is 10.7. The van der Waals surface area contributed by atoms with Crippen LogP contribution in [0.15, 0.2) is 22.7 Å². The van der Waals surface area contributed by atoms with E-state index in [1.165, 1.54) is 11.5 Å². The van der Waals surface area contributed by atoms with Gasteiger partial charge in [0.2, 0.25) is 0 Å². The van der Waals surface area contributed by atoms with Crippen LogP contribution in [0.2, 0.25) is 0 Å². The van der Waals surface area contributed by atoms with Gasteiger partial charge in [-0.05, 0) is 30.6 Å². The molecule has 0 aliphatic carbocycles. The van der Waals surface area contributed by atoms with E-state index in [0.717, 1.165) is 27.3 Å². The number of anilines is 1. The second-order valence-corrected chi connectivity index (χ2v) is 5.16. The van der Waals surface area contributed by atoms with E-state index >= 15 is 0 Å². The zero-order chi connectivity index (χ0) is 11.4. The quantitative estimate of drug-likeness (QED) is 0.848. The lowest BCUT2D eigenvalue weighted by molar-refractivity contribution is 1.10. The summed E-state index contributed by atoms with van der Waals surface area (Å²) in [5.41, 5.74) is 2.13. The molecule has 84 valence electrons. The van der Waals surface area contributed by atoms with E-state index in [1.807, 2.05) is 32.3 Å². The van der Waals surface area contributed by atoms with Crippen LogP contribution in [0.3, 0.4) is 0 Å². The third-order valence-corrected chi connectivity index (χ3v) is 3.92. The number of rotatable bonds is 4. The molecule has 0 aliphatic heterocycles. The van der Waals surface area contributed by atoms with Gasteiger partial charge in [-0.2, -0.15) is 4.37 Å². The van der Waals surface area contributed by atoms with Crippen molar-refractivity contribution in [1.82, 2.24) is 14.3 Å². The minimum atomic E-state index is 0.824. The van der Waals surface area contributed by atoms with Gasteiger partial charge in [-0.25, -0.2) is 4.98 Å². The Bertz CT molecular complexity index is 469. The number of nitrogens with zero attached hydrogens (tertiary/aromatic N) is 3. The van der Waals surface area contributed by atoms with Crippen LogP contribution in [0.4, 0.5) is 5.69 Å². The SMILES string of the molecule is CNc1ccnc(CSc2nc(C)ns2)c1. The first-order valence-corrected chi connectivity index (χ1v) is 6.59. The number of hydrogen-bond acceptors (Lipinski definition) is 6. The normalized spacial score (nSPS) is 10.4. The molecule has 6 heteroatoms. The molecular formula is C10H12N4S2. The molecule has 0 fully saturated rings. The molecule has 2 heterocycles. The van der Waals surface area contributed by atoms with Crippen molar-refractivity contribution in [2.45, 2.75) is 17.0 Å². The first-order valence-electron chi connectivity index (χ1n) is 4.84. The monoisotopic (exact) mass is 252 g/mol. The fourth-order valence-corrected chi connectivity index (χ4v) is 2.73. The predicted molar refractivity (Wildman–Crippen MR) is 68.0 cm³/mol. The van der Waals surface area contributed by atoms with Crippen molar-refractivity contribution in [1.29, 1.82) is 0 Å². The van der Waals surface area contributed by atoms with E-state index in [-0.39, 0.29) is 0 Å². The van der Waals surface area contributed by atoms with Gasteiger partial charge in [0, 0.05) is 24.7 Å². The van der Waals surface area contributed by atoms with Crippen molar-refractivity contribution in [3.8, 4) is 0 Å². The average Bonchev–Trinajstić information content (AvgIpc) is 2.73. The molecule has 2 rings (SSSR count). The van der Waals surface area contributed by atoms with Crippen molar-refractivity contribution in [3.05, 3.63) is 29.8 Å². The van der Waals surface area contributed by atoms with Crippen LogP contribution in [0.1, 0.15) is 11.5 Å². The number of aromatic nitrogens is 3. The van der Waals surface area contributed by atoms with Gasteiger partial charge in [-0.15, -0.1) is 0 Å². The predicted octanol–water partition coefficient (Wildman–Crippen LogP) is 2.58. The summed E-state index contributed by atoms with van der Waals surface area (Å²) >= 11 is 3.11. The van der Waals surface area contributed by atoms with Crippen LogP contribution in [0.25, 0.3) is 0 Å². The minimum absolute atomic E-state index is 0.824. The number of nitrogens with one attached hydrogen (secondary N) is 1. The Morgan fingerprint density at radius 2 is 2.38 bits per heavy atom. The van der Waals surface area contributed by atoms with E-state index in [4.69, 9.17) is 0 Å². The highest BCUT2D eigenvalue weighted by atomic mass is 32.2. The third kappa shape index (κ3) is 2.93. The highest BCUT2D eigenvalue weighted by Crippen LogP contribution is 2.24. The van der Waals surface area contributed by atoms with E-state index in [0.29, 0.717) is 0 Å². The van der Waals surface area contributed by atoms with Crippen molar-refractivity contribution < 1.29 is 0 Å². The summed E-state index contributed by atoms with van der Waals surface area (Å²) in [6, 6.07) is 3.99. The lowest BCUT2D eigenvalue weighted by Crippen LogP contribution is -1.92. The number of thioether (sulfide) groups is 1. The molecule has 2 aromatic rings. The summed E-state index contributed by atoms with van der Waals surface area (Å²) in [6.07, 6.45) is 1.81. The fraction of sp³-hybridized carbons (Fsp3) is 0.300. The van der Waals surface area contributed by atoms with Crippen LogP contribution in [-0.4, -0.2) is 21.4 Å². The maximum absolute atomic E-state index is 4.30. The summed E-state index contributed by atoms with van der Waals surface area (Å²) in [4.78, 5) is 8.60. The van der Waals surface area contributed by atoms with Crippen molar-refractivity contribution in [2.75, 3.05) is 12.4 Å². The number of pyridine rings is 1.